The Kier molecular flexibility index (Phi) is 6.74. The molecular weight excluding hydrogens is 374 g/mol. The van der Waals surface area contributed by atoms with Gasteiger partial charge in [0.15, 0.2) is 0 Å². The molecule has 2 aliphatic heterocycles. The molecular formula is C21H29N3O5. The highest BCUT2D eigenvalue weighted by atomic mass is 16.5. The Morgan fingerprint density at radius 1 is 1.31 bits per heavy atom. The minimum Gasteiger partial charge on any atom is -0.496 e. The van der Waals surface area contributed by atoms with Gasteiger partial charge in [0.2, 0.25) is 17.7 Å². The van der Waals surface area contributed by atoms with Crippen molar-refractivity contribution in [3.05, 3.63) is 29.8 Å². The van der Waals surface area contributed by atoms with Crippen LogP contribution in [0.2, 0.25) is 0 Å². The topological polar surface area (TPSA) is 97.0 Å². The van der Waals surface area contributed by atoms with Gasteiger partial charge in [-0.05, 0) is 30.9 Å². The van der Waals surface area contributed by atoms with Crippen molar-refractivity contribution in [3.63, 3.8) is 0 Å². The fourth-order valence-corrected chi connectivity index (χ4v) is 4.02. The summed E-state index contributed by atoms with van der Waals surface area (Å²) in [5.74, 6) is 0.162. The zero-order chi connectivity index (χ0) is 20.9. The van der Waals surface area contributed by atoms with E-state index in [-0.39, 0.29) is 24.3 Å². The lowest BCUT2D eigenvalue weighted by Crippen LogP contribution is -2.57. The first-order chi connectivity index (χ1) is 13.9. The number of rotatable bonds is 5. The van der Waals surface area contributed by atoms with E-state index < -0.39 is 11.6 Å². The predicted octanol–water partition coefficient (Wildman–Crippen LogP) is 0.640. The van der Waals surface area contributed by atoms with Crippen LogP contribution in [0.1, 0.15) is 31.7 Å². The summed E-state index contributed by atoms with van der Waals surface area (Å²) in [6, 6.07) is 6.87. The largest absolute Gasteiger partial charge is 0.496 e. The zero-order valence-electron chi connectivity index (χ0n) is 17.0. The monoisotopic (exact) mass is 403 g/mol. The van der Waals surface area contributed by atoms with Gasteiger partial charge in [-0.25, -0.2) is 0 Å². The second-order valence-corrected chi connectivity index (χ2v) is 7.72. The number of carbonyl (C=O) groups is 3. The lowest BCUT2D eigenvalue weighted by atomic mass is 9.89. The normalized spacial score (nSPS) is 21.2. The molecule has 2 saturated heterocycles. The van der Waals surface area contributed by atoms with Crippen molar-refractivity contribution in [3.8, 4) is 5.75 Å². The first kappa shape index (κ1) is 21.1. The van der Waals surface area contributed by atoms with Gasteiger partial charge in [0.05, 0.1) is 12.6 Å². The van der Waals surface area contributed by atoms with Crippen molar-refractivity contribution in [2.45, 2.75) is 44.2 Å². The molecule has 0 radical (unpaired) electrons. The summed E-state index contributed by atoms with van der Waals surface area (Å²) in [6.45, 7) is 3.03. The average Bonchev–Trinajstić information content (AvgIpc) is 2.83. The van der Waals surface area contributed by atoms with E-state index in [0.717, 1.165) is 11.3 Å². The maximum Gasteiger partial charge on any atom is 0.244 e. The molecule has 0 aromatic heterocycles. The molecule has 2 aliphatic rings. The number of para-hydroxylation sites is 1. The molecule has 2 N–H and O–H groups in total. The number of hydrogen-bond acceptors (Lipinski definition) is 5. The Labute approximate surface area is 170 Å². The molecule has 8 heteroatoms. The summed E-state index contributed by atoms with van der Waals surface area (Å²) in [6.07, 6.45) is 2.12. The minimum atomic E-state index is -0.759. The van der Waals surface area contributed by atoms with E-state index >= 15 is 0 Å². The molecule has 1 aromatic carbocycles. The summed E-state index contributed by atoms with van der Waals surface area (Å²) in [7, 11) is 1.61. The molecule has 158 valence electrons. The average molecular weight is 403 g/mol. The predicted molar refractivity (Wildman–Crippen MR) is 106 cm³/mol. The van der Waals surface area contributed by atoms with Gasteiger partial charge in [0.25, 0.3) is 0 Å². The Morgan fingerprint density at radius 3 is 2.72 bits per heavy atom. The fraction of sp³-hybridized carbons (Fsp3) is 0.571. The number of nitrogens with one attached hydrogen (secondary N) is 2. The molecule has 1 unspecified atom stereocenters. The lowest BCUT2D eigenvalue weighted by molar-refractivity contribution is -0.133. The highest BCUT2D eigenvalue weighted by molar-refractivity contribution is 5.89. The summed E-state index contributed by atoms with van der Waals surface area (Å²) in [5, 5.41) is 5.75. The van der Waals surface area contributed by atoms with Gasteiger partial charge in [0.1, 0.15) is 11.8 Å². The van der Waals surface area contributed by atoms with Crippen LogP contribution in [0.3, 0.4) is 0 Å². The van der Waals surface area contributed by atoms with Gasteiger partial charge >= 0.3 is 0 Å². The number of ether oxygens (including phenoxy) is 2. The zero-order valence-corrected chi connectivity index (χ0v) is 17.0. The standard InChI is InChI=1S/C21H29N3O5/c1-15(25)22-17-13-24(14-21(23-20(17)27)9-11-29-12-10-21)19(26)8-7-16-5-3-4-6-18(16)28-2/h3-6,17H,7-14H2,1-2H3,(H,22,25)(H,23,27). The highest BCUT2D eigenvalue weighted by Gasteiger charge is 2.42. The van der Waals surface area contributed by atoms with E-state index in [2.05, 4.69) is 10.6 Å². The Morgan fingerprint density at radius 2 is 2.03 bits per heavy atom. The minimum absolute atomic E-state index is 0.0476. The molecule has 0 saturated carbocycles. The van der Waals surface area contributed by atoms with E-state index in [1.165, 1.54) is 6.92 Å². The van der Waals surface area contributed by atoms with Crippen LogP contribution < -0.4 is 15.4 Å². The van der Waals surface area contributed by atoms with Gasteiger partial charge in [-0.2, -0.15) is 0 Å². The van der Waals surface area contributed by atoms with Crippen LogP contribution >= 0.6 is 0 Å². The number of nitrogens with zero attached hydrogens (tertiary/aromatic N) is 1. The Hall–Kier alpha value is -2.61. The van der Waals surface area contributed by atoms with E-state index in [0.29, 0.717) is 45.4 Å². The molecule has 2 heterocycles. The van der Waals surface area contributed by atoms with Gasteiger partial charge in [0, 0.05) is 39.6 Å². The van der Waals surface area contributed by atoms with Crippen LogP contribution in [-0.2, 0) is 25.5 Å². The summed E-state index contributed by atoms with van der Waals surface area (Å²) in [4.78, 5) is 39.1. The van der Waals surface area contributed by atoms with Crippen LogP contribution in [0.25, 0.3) is 0 Å². The number of methoxy groups -OCH3 is 1. The van der Waals surface area contributed by atoms with Crippen molar-refractivity contribution < 1.29 is 23.9 Å². The van der Waals surface area contributed by atoms with E-state index in [1.807, 2.05) is 24.3 Å². The third-order valence-electron chi connectivity index (χ3n) is 5.58. The number of benzene rings is 1. The van der Waals surface area contributed by atoms with Gasteiger partial charge in [-0.3, -0.25) is 14.4 Å². The summed E-state index contributed by atoms with van der Waals surface area (Å²) >= 11 is 0. The smallest absolute Gasteiger partial charge is 0.244 e. The number of amides is 3. The first-order valence-corrected chi connectivity index (χ1v) is 9.99. The molecule has 1 spiro atoms. The van der Waals surface area contributed by atoms with Gasteiger partial charge < -0.3 is 25.0 Å². The molecule has 8 nitrogen and oxygen atoms in total. The lowest BCUT2D eigenvalue weighted by Gasteiger charge is -2.39. The third-order valence-corrected chi connectivity index (χ3v) is 5.58. The first-order valence-electron chi connectivity index (χ1n) is 9.99. The van der Waals surface area contributed by atoms with Crippen molar-refractivity contribution in [2.24, 2.45) is 0 Å². The van der Waals surface area contributed by atoms with Crippen molar-refractivity contribution in [1.29, 1.82) is 0 Å². The van der Waals surface area contributed by atoms with E-state index in [1.54, 1.807) is 12.0 Å². The SMILES string of the molecule is COc1ccccc1CCC(=O)N1CC(NC(C)=O)C(=O)NC2(CCOCC2)C1. The third kappa shape index (κ3) is 5.26. The highest BCUT2D eigenvalue weighted by Crippen LogP contribution is 2.26. The quantitative estimate of drug-likeness (QED) is 0.752. The molecule has 2 fully saturated rings. The van der Waals surface area contributed by atoms with Crippen LogP contribution in [0.5, 0.6) is 5.75 Å². The van der Waals surface area contributed by atoms with Crippen LogP contribution in [0, 0.1) is 0 Å². The summed E-state index contributed by atoms with van der Waals surface area (Å²) in [5.41, 5.74) is 0.453. The van der Waals surface area contributed by atoms with Gasteiger partial charge in [-0.1, -0.05) is 18.2 Å². The van der Waals surface area contributed by atoms with Crippen LogP contribution in [0.4, 0.5) is 0 Å². The van der Waals surface area contributed by atoms with E-state index in [9.17, 15) is 14.4 Å². The number of carbonyl (C=O) groups excluding carboxylic acids is 3. The number of aryl methyl sites for hydroxylation is 1. The molecule has 1 aromatic rings. The van der Waals surface area contributed by atoms with Crippen LogP contribution in [0.15, 0.2) is 24.3 Å². The molecule has 29 heavy (non-hydrogen) atoms. The number of hydrogen-bond donors (Lipinski definition) is 2. The Bertz CT molecular complexity index is 760. The summed E-state index contributed by atoms with van der Waals surface area (Å²) < 4.78 is 10.8. The van der Waals surface area contributed by atoms with Gasteiger partial charge in [-0.15, -0.1) is 0 Å². The fourth-order valence-electron chi connectivity index (χ4n) is 4.02. The molecule has 3 amide bonds. The van der Waals surface area contributed by atoms with Crippen molar-refractivity contribution in [1.82, 2.24) is 15.5 Å². The molecule has 1 atom stereocenters. The molecule has 0 aliphatic carbocycles. The van der Waals surface area contributed by atoms with Crippen LogP contribution in [-0.4, -0.2) is 67.6 Å². The maximum absolute atomic E-state index is 13.1. The Balaban J connectivity index is 1.75. The maximum atomic E-state index is 13.1. The van der Waals surface area contributed by atoms with Crippen molar-refractivity contribution in [2.75, 3.05) is 33.4 Å². The van der Waals surface area contributed by atoms with Crippen molar-refractivity contribution >= 4 is 17.7 Å². The second-order valence-electron chi connectivity index (χ2n) is 7.72. The molecule has 0 bridgehead atoms. The molecule has 3 rings (SSSR count). The second kappa shape index (κ2) is 9.26. The van der Waals surface area contributed by atoms with E-state index in [4.69, 9.17) is 9.47 Å².